The Morgan fingerprint density at radius 3 is 2.50 bits per heavy atom. The van der Waals surface area contributed by atoms with Crippen molar-refractivity contribution in [3.63, 3.8) is 0 Å². The van der Waals surface area contributed by atoms with Gasteiger partial charge in [0.2, 0.25) is 5.76 Å². The smallest absolute Gasteiger partial charge is 0.375 e. The summed E-state index contributed by atoms with van der Waals surface area (Å²) in [6.07, 6.45) is -0.884. The summed E-state index contributed by atoms with van der Waals surface area (Å²) >= 11 is 3.11. The molecule has 5 nitrogen and oxygen atoms in total. The number of ether oxygens (including phenoxy) is 1. The van der Waals surface area contributed by atoms with E-state index in [4.69, 9.17) is 9.15 Å². The predicted molar refractivity (Wildman–Crippen MR) is 84.2 cm³/mol. The van der Waals surface area contributed by atoms with Gasteiger partial charge in [-0.25, -0.2) is 4.79 Å². The van der Waals surface area contributed by atoms with E-state index in [1.807, 2.05) is 30.3 Å². The molecule has 116 valence electrons. The largest absolute Gasteiger partial charge is 0.447 e. The monoisotopic (exact) mass is 365 g/mol. The molecule has 1 aromatic carbocycles. The molecule has 0 radical (unpaired) electrons. The van der Waals surface area contributed by atoms with Crippen LogP contribution < -0.4 is 0 Å². The van der Waals surface area contributed by atoms with E-state index >= 15 is 0 Å². The van der Waals surface area contributed by atoms with Gasteiger partial charge in [0, 0.05) is 13.6 Å². The Bertz CT molecular complexity index is 653. The summed E-state index contributed by atoms with van der Waals surface area (Å²) in [4.78, 5) is 25.6. The first-order valence-electron chi connectivity index (χ1n) is 6.72. The topological polar surface area (TPSA) is 59.8 Å². The fourth-order valence-corrected chi connectivity index (χ4v) is 2.25. The molecule has 0 spiro atoms. The van der Waals surface area contributed by atoms with Crippen molar-refractivity contribution >= 4 is 27.8 Å². The average molecular weight is 366 g/mol. The summed E-state index contributed by atoms with van der Waals surface area (Å²) in [5, 5.41) is 0. The molecule has 0 N–H and O–H groups in total. The number of likely N-dealkylation sites (N-methyl/N-ethyl adjacent to an activating group) is 1. The number of nitrogens with zero attached hydrogens (tertiary/aromatic N) is 1. The van der Waals surface area contributed by atoms with Crippen molar-refractivity contribution in [2.75, 3.05) is 7.05 Å². The Morgan fingerprint density at radius 2 is 1.91 bits per heavy atom. The third-order valence-electron chi connectivity index (χ3n) is 3.04. The van der Waals surface area contributed by atoms with Crippen LogP contribution in [0.25, 0.3) is 0 Å². The molecule has 0 saturated carbocycles. The van der Waals surface area contributed by atoms with Crippen LogP contribution in [0.2, 0.25) is 0 Å². The second-order valence-corrected chi connectivity index (χ2v) is 5.61. The molecule has 2 aromatic rings. The third kappa shape index (κ3) is 4.21. The molecule has 2 rings (SSSR count). The van der Waals surface area contributed by atoms with Gasteiger partial charge in [-0.3, -0.25) is 4.79 Å². The van der Waals surface area contributed by atoms with Gasteiger partial charge < -0.3 is 14.1 Å². The van der Waals surface area contributed by atoms with E-state index in [0.29, 0.717) is 11.2 Å². The van der Waals surface area contributed by atoms with Gasteiger partial charge in [-0.05, 0) is 40.5 Å². The number of rotatable bonds is 5. The van der Waals surface area contributed by atoms with E-state index < -0.39 is 12.1 Å². The molecule has 1 atom stereocenters. The second kappa shape index (κ2) is 7.26. The fraction of sp³-hybridized carbons (Fsp3) is 0.250. The highest BCUT2D eigenvalue weighted by molar-refractivity contribution is 9.10. The van der Waals surface area contributed by atoms with Gasteiger partial charge in [-0.15, -0.1) is 0 Å². The molecular weight excluding hydrogens is 350 g/mol. The number of amides is 1. The Kier molecular flexibility index (Phi) is 5.38. The average Bonchev–Trinajstić information content (AvgIpc) is 2.94. The van der Waals surface area contributed by atoms with Gasteiger partial charge in [-0.2, -0.15) is 0 Å². The van der Waals surface area contributed by atoms with Crippen molar-refractivity contribution in [3.05, 3.63) is 58.5 Å². The van der Waals surface area contributed by atoms with Crippen LogP contribution in [0, 0.1) is 0 Å². The highest BCUT2D eigenvalue weighted by atomic mass is 79.9. The molecule has 1 aromatic heterocycles. The molecule has 1 heterocycles. The summed E-state index contributed by atoms with van der Waals surface area (Å²) in [6.45, 7) is 1.99. The van der Waals surface area contributed by atoms with Crippen LogP contribution in [0.5, 0.6) is 0 Å². The quantitative estimate of drug-likeness (QED) is 0.763. The molecule has 1 amide bonds. The minimum Gasteiger partial charge on any atom is -0.447 e. The van der Waals surface area contributed by atoms with E-state index in [9.17, 15) is 9.59 Å². The summed E-state index contributed by atoms with van der Waals surface area (Å²) in [5.74, 6) is -0.889. The van der Waals surface area contributed by atoms with Gasteiger partial charge in [0.25, 0.3) is 5.91 Å². The van der Waals surface area contributed by atoms with Gasteiger partial charge >= 0.3 is 5.97 Å². The number of esters is 1. The molecule has 0 fully saturated rings. The minimum atomic E-state index is -0.884. The number of benzene rings is 1. The van der Waals surface area contributed by atoms with Crippen molar-refractivity contribution in [1.29, 1.82) is 0 Å². The normalized spacial score (nSPS) is 11.8. The first-order valence-corrected chi connectivity index (χ1v) is 7.52. The zero-order valence-corrected chi connectivity index (χ0v) is 13.9. The van der Waals surface area contributed by atoms with Crippen molar-refractivity contribution in [2.45, 2.75) is 19.6 Å². The molecule has 0 unspecified atom stereocenters. The van der Waals surface area contributed by atoms with E-state index in [1.165, 1.54) is 11.0 Å². The van der Waals surface area contributed by atoms with E-state index in [0.717, 1.165) is 5.56 Å². The lowest BCUT2D eigenvalue weighted by atomic mass is 10.2. The molecule has 22 heavy (non-hydrogen) atoms. The predicted octanol–water partition coefficient (Wildman–Crippen LogP) is 3.25. The van der Waals surface area contributed by atoms with E-state index in [2.05, 4.69) is 15.9 Å². The zero-order valence-electron chi connectivity index (χ0n) is 12.3. The molecule has 0 aliphatic rings. The van der Waals surface area contributed by atoms with Crippen LogP contribution in [-0.2, 0) is 16.1 Å². The summed E-state index contributed by atoms with van der Waals surface area (Å²) < 4.78 is 10.7. The van der Waals surface area contributed by atoms with Crippen molar-refractivity contribution < 1.29 is 18.7 Å². The van der Waals surface area contributed by atoms with E-state index in [-0.39, 0.29) is 11.7 Å². The molecular formula is C16H16BrNO4. The Hall–Kier alpha value is -2.08. The van der Waals surface area contributed by atoms with Gasteiger partial charge in [0.1, 0.15) is 0 Å². The zero-order chi connectivity index (χ0) is 16.1. The van der Waals surface area contributed by atoms with Gasteiger partial charge in [0.15, 0.2) is 10.8 Å². The van der Waals surface area contributed by atoms with Crippen molar-refractivity contribution in [1.82, 2.24) is 4.90 Å². The van der Waals surface area contributed by atoms with Crippen LogP contribution in [-0.4, -0.2) is 29.9 Å². The lowest BCUT2D eigenvalue weighted by Crippen LogP contribution is -2.37. The Balaban J connectivity index is 1.92. The minimum absolute atomic E-state index is 0.0530. The molecule has 6 heteroatoms. The lowest BCUT2D eigenvalue weighted by molar-refractivity contribution is -0.139. The maximum Gasteiger partial charge on any atom is 0.375 e. The number of carbonyl (C=O) groups excluding carboxylic acids is 2. The number of hydrogen-bond donors (Lipinski definition) is 0. The van der Waals surface area contributed by atoms with E-state index in [1.54, 1.807) is 20.0 Å². The molecule has 0 bridgehead atoms. The second-order valence-electron chi connectivity index (χ2n) is 4.83. The van der Waals surface area contributed by atoms with Crippen LogP contribution in [0.4, 0.5) is 0 Å². The number of hydrogen-bond acceptors (Lipinski definition) is 4. The van der Waals surface area contributed by atoms with Gasteiger partial charge in [-0.1, -0.05) is 30.3 Å². The lowest BCUT2D eigenvalue weighted by Gasteiger charge is -2.21. The van der Waals surface area contributed by atoms with Crippen molar-refractivity contribution in [2.24, 2.45) is 0 Å². The highest BCUT2D eigenvalue weighted by Crippen LogP contribution is 2.16. The summed E-state index contributed by atoms with van der Waals surface area (Å²) in [5.41, 5.74) is 1.01. The summed E-state index contributed by atoms with van der Waals surface area (Å²) in [7, 11) is 1.67. The Labute approximate surface area is 137 Å². The number of carbonyl (C=O) groups is 2. The highest BCUT2D eigenvalue weighted by Gasteiger charge is 2.23. The maximum atomic E-state index is 12.2. The molecule has 0 saturated heterocycles. The number of halogens is 1. The van der Waals surface area contributed by atoms with Crippen LogP contribution in [0.3, 0.4) is 0 Å². The Morgan fingerprint density at radius 1 is 1.23 bits per heavy atom. The first-order chi connectivity index (χ1) is 10.5. The summed E-state index contributed by atoms with van der Waals surface area (Å²) in [6, 6.07) is 12.7. The fourth-order valence-electron chi connectivity index (χ4n) is 1.94. The standard InChI is InChI=1S/C16H16BrNO4/c1-11(21-16(20)13-8-9-14(17)22-13)15(19)18(2)10-12-6-4-3-5-7-12/h3-9,11H,10H2,1-2H3/t11-/m1/s1. The molecule has 0 aliphatic carbocycles. The van der Waals surface area contributed by atoms with Crippen LogP contribution >= 0.6 is 15.9 Å². The first kappa shape index (κ1) is 16.3. The van der Waals surface area contributed by atoms with Crippen LogP contribution in [0.1, 0.15) is 23.0 Å². The van der Waals surface area contributed by atoms with Crippen molar-refractivity contribution in [3.8, 4) is 0 Å². The molecule has 0 aliphatic heterocycles. The maximum absolute atomic E-state index is 12.2. The SMILES string of the molecule is C[C@@H](OC(=O)c1ccc(Br)o1)C(=O)N(C)Cc1ccccc1. The van der Waals surface area contributed by atoms with Crippen LogP contribution in [0.15, 0.2) is 51.6 Å². The third-order valence-corrected chi connectivity index (χ3v) is 3.47. The van der Waals surface area contributed by atoms with Gasteiger partial charge in [0.05, 0.1) is 0 Å². The number of furan rings is 1.